The van der Waals surface area contributed by atoms with Gasteiger partial charge in [0.2, 0.25) is 0 Å². The number of thiophene rings is 1. The summed E-state index contributed by atoms with van der Waals surface area (Å²) < 4.78 is 9.03. The smallest absolute Gasteiger partial charge is 0.323 e. The molecule has 2 aromatic carbocycles. The van der Waals surface area contributed by atoms with E-state index in [0.717, 1.165) is 43.6 Å². The highest BCUT2D eigenvalue weighted by molar-refractivity contribution is 9.10. The van der Waals surface area contributed by atoms with E-state index in [9.17, 15) is 9.59 Å². The lowest BCUT2D eigenvalue weighted by Crippen LogP contribution is -2.32. The zero-order valence-electron chi connectivity index (χ0n) is 19.3. The molecule has 0 saturated carbocycles. The lowest BCUT2D eigenvalue weighted by Gasteiger charge is -2.23. The lowest BCUT2D eigenvalue weighted by molar-refractivity contribution is -0.130. The van der Waals surface area contributed by atoms with Crippen LogP contribution in [0, 0.1) is 0 Å². The van der Waals surface area contributed by atoms with Crippen LogP contribution in [0.15, 0.2) is 74.8 Å². The van der Waals surface area contributed by atoms with Crippen molar-refractivity contribution in [1.29, 1.82) is 0 Å². The van der Waals surface area contributed by atoms with Gasteiger partial charge in [-0.2, -0.15) is 16.4 Å². The molecule has 1 aliphatic rings. The number of amides is 1. The maximum absolute atomic E-state index is 13.2. The fourth-order valence-electron chi connectivity index (χ4n) is 4.55. The Labute approximate surface area is 218 Å². The molecule has 2 atom stereocenters. The Morgan fingerprint density at radius 3 is 2.67 bits per heavy atom. The van der Waals surface area contributed by atoms with Crippen molar-refractivity contribution in [2.24, 2.45) is 0 Å². The summed E-state index contributed by atoms with van der Waals surface area (Å²) >= 11 is 5.08. The van der Waals surface area contributed by atoms with Gasteiger partial charge in [-0.25, -0.2) is 9.48 Å². The number of nitrogens with one attached hydrogen (secondary N) is 2. The van der Waals surface area contributed by atoms with Gasteiger partial charge >= 0.3 is 5.69 Å². The number of benzene rings is 2. The molecule has 36 heavy (non-hydrogen) atoms. The Morgan fingerprint density at radius 1 is 1.08 bits per heavy atom. The number of nitrogens with zero attached hydrogens (tertiary/aromatic N) is 3. The van der Waals surface area contributed by atoms with Gasteiger partial charge in [-0.15, -0.1) is 0 Å². The minimum atomic E-state index is -0.553. The largest absolute Gasteiger partial charge is 0.341 e. The van der Waals surface area contributed by atoms with Crippen LogP contribution < -0.4 is 5.69 Å². The van der Waals surface area contributed by atoms with Gasteiger partial charge in [0.05, 0.1) is 16.7 Å². The number of hydrogen-bond acceptors (Lipinski definition) is 5. The highest BCUT2D eigenvalue weighted by atomic mass is 79.9. The van der Waals surface area contributed by atoms with Crippen LogP contribution in [0.5, 0.6) is 0 Å². The maximum atomic E-state index is 13.2. The predicted molar refractivity (Wildman–Crippen MR) is 142 cm³/mol. The van der Waals surface area contributed by atoms with Crippen molar-refractivity contribution in [3.63, 3.8) is 0 Å². The van der Waals surface area contributed by atoms with Crippen LogP contribution >= 0.6 is 27.3 Å². The summed E-state index contributed by atoms with van der Waals surface area (Å²) in [7, 11) is 0. The van der Waals surface area contributed by atoms with Crippen LogP contribution in [0.25, 0.3) is 28.0 Å². The molecule has 4 heterocycles. The number of ether oxygens (including phenoxy) is 1. The fraction of sp³-hybridized carbons (Fsp3) is 0.192. The Bertz CT molecular complexity index is 1600. The zero-order chi connectivity index (χ0) is 24.8. The molecule has 5 aromatic rings. The first-order chi connectivity index (χ1) is 17.5. The molecule has 0 aliphatic carbocycles. The molecule has 6 rings (SSSR count). The average molecular weight is 564 g/mol. The molecular formula is C26H22BrN5O3S. The van der Waals surface area contributed by atoms with Gasteiger partial charge in [-0.3, -0.25) is 4.79 Å². The molecule has 0 bridgehead atoms. The minimum absolute atomic E-state index is 0.0520. The van der Waals surface area contributed by atoms with Gasteiger partial charge < -0.3 is 19.6 Å². The van der Waals surface area contributed by atoms with E-state index >= 15 is 0 Å². The Kier molecular flexibility index (Phi) is 5.87. The third-order valence-electron chi connectivity index (χ3n) is 6.36. The SMILES string of the molecule is CC1OC(c2cn(-c3ccc(Br)cc3)nc2-c2ccsc2)N(CCc2ccc3[nH]c(=O)[nH]c3c2)C1=O. The summed E-state index contributed by atoms with van der Waals surface area (Å²) in [5, 5.41) is 8.95. The van der Waals surface area contributed by atoms with Gasteiger partial charge in [-0.05, 0) is 66.8 Å². The standard InChI is InChI=1S/C26H22BrN5O3S/c1-15-24(33)31(10-8-16-2-7-21-22(12-16)29-26(34)28-21)25(35-15)20-13-32(19-5-3-18(27)4-6-19)30-23(20)17-9-11-36-14-17/h2-7,9,11-15,25H,8,10H2,1H3,(H2,28,29,34). The first kappa shape index (κ1) is 23.0. The van der Waals surface area contributed by atoms with Crippen molar-refractivity contribution in [3.05, 3.63) is 91.6 Å². The molecule has 0 spiro atoms. The first-order valence-corrected chi connectivity index (χ1v) is 13.2. The van der Waals surface area contributed by atoms with Crippen LogP contribution in [-0.4, -0.2) is 43.2 Å². The van der Waals surface area contributed by atoms with Crippen LogP contribution in [0.3, 0.4) is 0 Å². The number of rotatable bonds is 6. The van der Waals surface area contributed by atoms with E-state index in [4.69, 9.17) is 9.84 Å². The van der Waals surface area contributed by atoms with Gasteiger partial charge in [0.1, 0.15) is 11.8 Å². The van der Waals surface area contributed by atoms with Gasteiger partial charge in [-0.1, -0.05) is 22.0 Å². The molecule has 1 amide bonds. The summed E-state index contributed by atoms with van der Waals surface area (Å²) in [6.07, 6.45) is 1.47. The molecule has 3 aromatic heterocycles. The normalized spacial score (nSPS) is 17.9. The van der Waals surface area contributed by atoms with Crippen molar-refractivity contribution in [3.8, 4) is 16.9 Å². The number of fused-ring (bicyclic) bond motifs is 1. The summed E-state index contributed by atoms with van der Waals surface area (Å²) in [6.45, 7) is 2.26. The fourth-order valence-corrected chi connectivity index (χ4v) is 5.45. The van der Waals surface area contributed by atoms with E-state index in [1.165, 1.54) is 0 Å². The van der Waals surface area contributed by atoms with Crippen molar-refractivity contribution in [2.45, 2.75) is 25.7 Å². The Morgan fingerprint density at radius 2 is 1.89 bits per heavy atom. The molecule has 8 nitrogen and oxygen atoms in total. The summed E-state index contributed by atoms with van der Waals surface area (Å²) in [5.41, 5.74) is 5.85. The summed E-state index contributed by atoms with van der Waals surface area (Å²) in [6, 6.07) is 15.7. The number of imidazole rings is 1. The van der Waals surface area contributed by atoms with Gasteiger partial charge in [0.15, 0.2) is 6.23 Å². The number of carbonyl (C=O) groups is 1. The zero-order valence-corrected chi connectivity index (χ0v) is 21.7. The van der Waals surface area contributed by atoms with Crippen molar-refractivity contribution in [2.75, 3.05) is 6.54 Å². The van der Waals surface area contributed by atoms with E-state index in [-0.39, 0.29) is 11.6 Å². The van der Waals surface area contributed by atoms with Gasteiger partial charge in [0.25, 0.3) is 5.91 Å². The van der Waals surface area contributed by atoms with Gasteiger partial charge in [0, 0.05) is 33.7 Å². The van der Waals surface area contributed by atoms with E-state index in [1.54, 1.807) is 23.2 Å². The Balaban J connectivity index is 1.34. The highest BCUT2D eigenvalue weighted by Crippen LogP contribution is 2.38. The second-order valence-corrected chi connectivity index (χ2v) is 10.4. The van der Waals surface area contributed by atoms with Crippen molar-refractivity contribution in [1.82, 2.24) is 24.6 Å². The van der Waals surface area contributed by atoms with Crippen molar-refractivity contribution >= 4 is 44.2 Å². The third kappa shape index (κ3) is 4.21. The van der Waals surface area contributed by atoms with Crippen LogP contribution in [0.4, 0.5) is 0 Å². The second-order valence-electron chi connectivity index (χ2n) is 8.74. The Hall–Kier alpha value is -3.47. The van der Waals surface area contributed by atoms with Crippen LogP contribution in [0.1, 0.15) is 24.3 Å². The first-order valence-electron chi connectivity index (χ1n) is 11.5. The molecular weight excluding hydrogens is 542 g/mol. The summed E-state index contributed by atoms with van der Waals surface area (Å²) in [5.74, 6) is -0.0520. The number of carbonyl (C=O) groups excluding carboxylic acids is 1. The van der Waals surface area contributed by atoms with E-state index in [1.807, 2.05) is 64.8 Å². The second kappa shape index (κ2) is 9.20. The number of H-pyrrole nitrogens is 2. The molecule has 2 N–H and O–H groups in total. The highest BCUT2D eigenvalue weighted by Gasteiger charge is 2.40. The number of hydrogen-bond donors (Lipinski definition) is 2. The summed E-state index contributed by atoms with van der Waals surface area (Å²) in [4.78, 5) is 32.1. The molecule has 1 aliphatic heterocycles. The number of halogens is 1. The minimum Gasteiger partial charge on any atom is -0.341 e. The molecule has 2 unspecified atom stereocenters. The molecule has 182 valence electrons. The van der Waals surface area contributed by atoms with E-state index in [0.29, 0.717) is 13.0 Å². The quantitative estimate of drug-likeness (QED) is 0.303. The van der Waals surface area contributed by atoms with Crippen LogP contribution in [0.2, 0.25) is 0 Å². The van der Waals surface area contributed by atoms with Crippen molar-refractivity contribution < 1.29 is 9.53 Å². The van der Waals surface area contributed by atoms with E-state index < -0.39 is 12.3 Å². The molecule has 10 heteroatoms. The van der Waals surface area contributed by atoms with Crippen LogP contribution in [-0.2, 0) is 16.0 Å². The lowest BCUT2D eigenvalue weighted by atomic mass is 10.1. The molecule has 0 radical (unpaired) electrons. The molecule has 1 fully saturated rings. The topological polar surface area (TPSA) is 96.0 Å². The average Bonchev–Trinajstić information content (AvgIpc) is 3.65. The number of aromatic nitrogens is 4. The number of aromatic amines is 2. The maximum Gasteiger partial charge on any atom is 0.323 e. The predicted octanol–water partition coefficient (Wildman–Crippen LogP) is 5.02. The monoisotopic (exact) mass is 563 g/mol. The third-order valence-corrected chi connectivity index (χ3v) is 7.57. The van der Waals surface area contributed by atoms with E-state index in [2.05, 4.69) is 31.3 Å². The molecule has 1 saturated heterocycles.